The lowest BCUT2D eigenvalue weighted by atomic mass is 9.99. The van der Waals surface area contributed by atoms with Gasteiger partial charge in [-0.25, -0.2) is 4.79 Å². The second-order valence-corrected chi connectivity index (χ2v) is 7.91. The quantitative estimate of drug-likeness (QED) is 0.663. The van der Waals surface area contributed by atoms with Crippen molar-refractivity contribution < 1.29 is 9.53 Å². The lowest BCUT2D eigenvalue weighted by Crippen LogP contribution is -2.53. The molecule has 0 heterocycles. The molecule has 0 aromatic carbocycles. The van der Waals surface area contributed by atoms with Gasteiger partial charge in [-0.15, -0.1) is 0 Å². The first-order valence-corrected chi connectivity index (χ1v) is 9.61. The third-order valence-electron chi connectivity index (χ3n) is 4.57. The van der Waals surface area contributed by atoms with Gasteiger partial charge in [0.2, 0.25) is 0 Å². The van der Waals surface area contributed by atoms with Crippen molar-refractivity contribution in [3.63, 3.8) is 0 Å². The number of hydrogen-bond donors (Lipinski definition) is 2. The first-order valence-electron chi connectivity index (χ1n) is 9.61. The number of carbonyl (C=O) groups excluding carboxylic acids is 1. The van der Waals surface area contributed by atoms with Crippen LogP contribution in [0.25, 0.3) is 0 Å². The Labute approximate surface area is 143 Å². The average molecular weight is 327 g/mol. The van der Waals surface area contributed by atoms with Crippen LogP contribution in [0.5, 0.6) is 0 Å². The molecule has 4 heteroatoms. The van der Waals surface area contributed by atoms with Crippen LogP contribution in [0, 0.1) is 0 Å². The number of amides is 1. The Morgan fingerprint density at radius 3 is 2.35 bits per heavy atom. The van der Waals surface area contributed by atoms with Gasteiger partial charge in [-0.1, -0.05) is 46.0 Å². The summed E-state index contributed by atoms with van der Waals surface area (Å²) in [6, 6.07) is 1.11. The minimum absolute atomic E-state index is 0.183. The third-order valence-corrected chi connectivity index (χ3v) is 4.57. The van der Waals surface area contributed by atoms with Crippen molar-refractivity contribution in [3.8, 4) is 0 Å². The van der Waals surface area contributed by atoms with Crippen molar-refractivity contribution in [3.05, 3.63) is 0 Å². The number of nitrogens with one attached hydrogen (secondary N) is 2. The Hall–Kier alpha value is -0.770. The molecule has 1 aliphatic rings. The van der Waals surface area contributed by atoms with Crippen LogP contribution in [0.1, 0.15) is 92.4 Å². The molecule has 0 radical (unpaired) electrons. The molecular formula is C19H38N2O2. The van der Waals surface area contributed by atoms with E-state index in [-0.39, 0.29) is 12.1 Å². The molecule has 0 saturated heterocycles. The van der Waals surface area contributed by atoms with Gasteiger partial charge in [0.05, 0.1) is 0 Å². The summed E-state index contributed by atoms with van der Waals surface area (Å²) >= 11 is 0. The minimum Gasteiger partial charge on any atom is -0.444 e. The van der Waals surface area contributed by atoms with Gasteiger partial charge in [0, 0.05) is 18.1 Å². The van der Waals surface area contributed by atoms with Crippen LogP contribution in [-0.4, -0.2) is 29.8 Å². The topological polar surface area (TPSA) is 50.4 Å². The second kappa shape index (κ2) is 10.2. The van der Waals surface area contributed by atoms with Gasteiger partial charge in [-0.05, 0) is 46.5 Å². The van der Waals surface area contributed by atoms with E-state index in [0.29, 0.717) is 12.1 Å². The summed E-state index contributed by atoms with van der Waals surface area (Å²) in [5.74, 6) is 0. The van der Waals surface area contributed by atoms with Crippen molar-refractivity contribution in [2.24, 2.45) is 0 Å². The summed E-state index contributed by atoms with van der Waals surface area (Å²) in [6.07, 6.45) is 10.5. The van der Waals surface area contributed by atoms with Crippen LogP contribution >= 0.6 is 0 Å². The Morgan fingerprint density at radius 2 is 1.78 bits per heavy atom. The van der Waals surface area contributed by atoms with E-state index in [1.54, 1.807) is 0 Å². The van der Waals surface area contributed by atoms with Crippen LogP contribution in [-0.2, 0) is 4.74 Å². The highest BCUT2D eigenvalue weighted by Gasteiger charge is 2.28. The zero-order chi connectivity index (χ0) is 17.3. The molecule has 1 fully saturated rings. The van der Waals surface area contributed by atoms with E-state index < -0.39 is 5.60 Å². The van der Waals surface area contributed by atoms with Gasteiger partial charge in [0.25, 0.3) is 0 Å². The number of hydrogen-bond acceptors (Lipinski definition) is 3. The van der Waals surface area contributed by atoms with Gasteiger partial charge in [0.15, 0.2) is 0 Å². The zero-order valence-corrected chi connectivity index (χ0v) is 15.9. The van der Waals surface area contributed by atoms with Gasteiger partial charge < -0.3 is 15.4 Å². The minimum atomic E-state index is -0.440. The van der Waals surface area contributed by atoms with Crippen molar-refractivity contribution in [1.29, 1.82) is 0 Å². The average Bonchev–Trinajstić information content (AvgIpc) is 2.67. The molecule has 1 amide bonds. The van der Waals surface area contributed by atoms with Crippen LogP contribution in [0.15, 0.2) is 0 Å². The van der Waals surface area contributed by atoms with E-state index in [1.165, 1.54) is 38.5 Å². The molecule has 0 aromatic rings. The van der Waals surface area contributed by atoms with Gasteiger partial charge >= 0.3 is 6.09 Å². The highest BCUT2D eigenvalue weighted by molar-refractivity contribution is 5.68. The van der Waals surface area contributed by atoms with Gasteiger partial charge in [-0.2, -0.15) is 0 Å². The SMILES string of the molecule is CCCCC(CC)NC1CCCCCC1NC(=O)OC(C)(C)C. The number of unbranched alkanes of at least 4 members (excludes halogenated alkanes) is 1. The summed E-state index contributed by atoms with van der Waals surface area (Å²) in [7, 11) is 0. The van der Waals surface area contributed by atoms with Crippen molar-refractivity contribution in [2.45, 2.75) is 116 Å². The highest BCUT2D eigenvalue weighted by Crippen LogP contribution is 2.20. The van der Waals surface area contributed by atoms with Gasteiger partial charge in [0.1, 0.15) is 5.60 Å². The maximum atomic E-state index is 12.2. The second-order valence-electron chi connectivity index (χ2n) is 7.91. The van der Waals surface area contributed by atoms with Crippen molar-refractivity contribution >= 4 is 6.09 Å². The largest absolute Gasteiger partial charge is 0.444 e. The van der Waals surface area contributed by atoms with E-state index >= 15 is 0 Å². The van der Waals surface area contributed by atoms with Crippen LogP contribution in [0.2, 0.25) is 0 Å². The molecule has 0 bridgehead atoms. The van der Waals surface area contributed by atoms with E-state index in [2.05, 4.69) is 24.5 Å². The Morgan fingerprint density at radius 1 is 1.13 bits per heavy atom. The number of ether oxygens (including phenoxy) is 1. The van der Waals surface area contributed by atoms with Crippen molar-refractivity contribution in [2.75, 3.05) is 0 Å². The molecule has 0 spiro atoms. The molecule has 1 rings (SSSR count). The molecule has 1 aliphatic carbocycles. The summed E-state index contributed by atoms with van der Waals surface area (Å²) in [6.45, 7) is 10.2. The first-order chi connectivity index (χ1) is 10.9. The van der Waals surface area contributed by atoms with E-state index in [9.17, 15) is 4.79 Å². The Balaban J connectivity index is 2.62. The van der Waals surface area contributed by atoms with E-state index in [0.717, 1.165) is 19.3 Å². The fraction of sp³-hybridized carbons (Fsp3) is 0.947. The Bertz CT molecular complexity index is 339. The summed E-state index contributed by atoms with van der Waals surface area (Å²) in [4.78, 5) is 12.2. The molecular weight excluding hydrogens is 288 g/mol. The summed E-state index contributed by atoms with van der Waals surface area (Å²) in [5.41, 5.74) is -0.440. The highest BCUT2D eigenvalue weighted by atomic mass is 16.6. The molecule has 2 N–H and O–H groups in total. The maximum Gasteiger partial charge on any atom is 0.407 e. The molecule has 4 nitrogen and oxygen atoms in total. The number of rotatable bonds is 7. The smallest absolute Gasteiger partial charge is 0.407 e. The lowest BCUT2D eigenvalue weighted by molar-refractivity contribution is 0.0487. The lowest BCUT2D eigenvalue weighted by Gasteiger charge is -2.32. The summed E-state index contributed by atoms with van der Waals surface area (Å²) in [5, 5.41) is 6.96. The summed E-state index contributed by atoms with van der Waals surface area (Å²) < 4.78 is 5.45. The molecule has 3 atom stereocenters. The monoisotopic (exact) mass is 326 g/mol. The fourth-order valence-electron chi connectivity index (χ4n) is 3.30. The molecule has 23 heavy (non-hydrogen) atoms. The predicted octanol–water partition coefficient (Wildman–Crippen LogP) is 4.77. The molecule has 1 saturated carbocycles. The predicted molar refractivity (Wildman–Crippen MR) is 96.8 cm³/mol. The number of alkyl carbamates (subject to hydrolysis) is 1. The van der Waals surface area contributed by atoms with Crippen molar-refractivity contribution in [1.82, 2.24) is 10.6 Å². The fourth-order valence-corrected chi connectivity index (χ4v) is 3.30. The molecule has 3 unspecified atom stereocenters. The van der Waals surface area contributed by atoms with E-state index in [1.807, 2.05) is 20.8 Å². The standard InChI is InChI=1S/C19H38N2O2/c1-6-8-12-15(7-2)20-16-13-10-9-11-14-17(16)21-18(22)23-19(3,4)5/h15-17,20H,6-14H2,1-5H3,(H,21,22). The van der Waals surface area contributed by atoms with E-state index in [4.69, 9.17) is 4.74 Å². The van der Waals surface area contributed by atoms with Crippen LogP contribution in [0.4, 0.5) is 4.79 Å². The number of carbonyl (C=O) groups is 1. The zero-order valence-electron chi connectivity index (χ0n) is 15.9. The molecule has 136 valence electrons. The van der Waals surface area contributed by atoms with Gasteiger partial charge in [-0.3, -0.25) is 0 Å². The molecule has 0 aliphatic heterocycles. The third kappa shape index (κ3) is 8.59. The van der Waals surface area contributed by atoms with Crippen LogP contribution in [0.3, 0.4) is 0 Å². The first kappa shape index (κ1) is 20.3. The van der Waals surface area contributed by atoms with Crippen LogP contribution < -0.4 is 10.6 Å². The normalized spacial score (nSPS) is 23.9. The maximum absolute atomic E-state index is 12.2. The Kier molecular flexibility index (Phi) is 8.96. The molecule has 0 aromatic heterocycles.